The van der Waals surface area contributed by atoms with Crippen molar-refractivity contribution >= 4 is 11.7 Å². The molecule has 2 aromatic heterocycles. The zero-order valence-corrected chi connectivity index (χ0v) is 14.7. The lowest BCUT2D eigenvalue weighted by Gasteiger charge is -2.17. The summed E-state index contributed by atoms with van der Waals surface area (Å²) in [6.45, 7) is 6.11. The minimum absolute atomic E-state index is 0.0274. The molecule has 0 unspecified atom stereocenters. The Morgan fingerprint density at radius 1 is 1.28 bits per heavy atom. The molecule has 1 N–H and O–H groups in total. The third-order valence-corrected chi connectivity index (χ3v) is 5.19. The van der Waals surface area contributed by atoms with Crippen LogP contribution in [0.2, 0.25) is 0 Å². The maximum absolute atomic E-state index is 12.7. The Balaban J connectivity index is 1.38. The highest BCUT2D eigenvalue weighted by atomic mass is 16.2. The third-order valence-electron chi connectivity index (χ3n) is 5.19. The van der Waals surface area contributed by atoms with Crippen molar-refractivity contribution in [1.29, 1.82) is 0 Å². The summed E-state index contributed by atoms with van der Waals surface area (Å²) in [6, 6.07) is 6.40. The SMILES string of the molecule is Cc1nnc(CNC(=O)[C@@H]2CN(c3ccccn3)C[C@H]2C)n1C1CC1. The molecule has 2 atom stereocenters. The first-order valence-electron chi connectivity index (χ1n) is 8.97. The van der Waals surface area contributed by atoms with Crippen LogP contribution in [0.3, 0.4) is 0 Å². The van der Waals surface area contributed by atoms with Crippen molar-refractivity contribution in [3.63, 3.8) is 0 Å². The van der Waals surface area contributed by atoms with E-state index in [-0.39, 0.29) is 11.8 Å². The van der Waals surface area contributed by atoms with Crippen molar-refractivity contribution in [3.8, 4) is 0 Å². The van der Waals surface area contributed by atoms with E-state index in [0.717, 1.165) is 24.0 Å². The van der Waals surface area contributed by atoms with Gasteiger partial charge in [-0.05, 0) is 37.8 Å². The molecule has 132 valence electrons. The number of carbonyl (C=O) groups excluding carboxylic acids is 1. The highest BCUT2D eigenvalue weighted by Crippen LogP contribution is 2.36. The Morgan fingerprint density at radius 3 is 2.84 bits per heavy atom. The van der Waals surface area contributed by atoms with Gasteiger partial charge in [0.25, 0.3) is 0 Å². The summed E-state index contributed by atoms with van der Waals surface area (Å²) in [5.74, 6) is 3.09. The molecule has 0 bridgehead atoms. The van der Waals surface area contributed by atoms with Gasteiger partial charge in [-0.3, -0.25) is 4.79 Å². The summed E-state index contributed by atoms with van der Waals surface area (Å²) >= 11 is 0. The number of nitrogens with zero attached hydrogens (tertiary/aromatic N) is 5. The van der Waals surface area contributed by atoms with Crippen LogP contribution in [0, 0.1) is 18.8 Å². The Labute approximate surface area is 147 Å². The van der Waals surface area contributed by atoms with Gasteiger partial charge in [-0.15, -0.1) is 10.2 Å². The fraction of sp³-hybridized carbons (Fsp3) is 0.556. The van der Waals surface area contributed by atoms with Crippen molar-refractivity contribution < 1.29 is 4.79 Å². The van der Waals surface area contributed by atoms with Gasteiger partial charge in [-0.2, -0.15) is 0 Å². The number of nitrogens with one attached hydrogen (secondary N) is 1. The van der Waals surface area contributed by atoms with Crippen LogP contribution in [-0.4, -0.2) is 38.7 Å². The van der Waals surface area contributed by atoms with Crippen LogP contribution in [-0.2, 0) is 11.3 Å². The molecule has 1 aliphatic carbocycles. The zero-order chi connectivity index (χ0) is 17.4. The second-order valence-corrected chi connectivity index (χ2v) is 7.16. The summed E-state index contributed by atoms with van der Waals surface area (Å²) in [4.78, 5) is 19.3. The van der Waals surface area contributed by atoms with Gasteiger partial charge in [0.2, 0.25) is 5.91 Å². The lowest BCUT2D eigenvalue weighted by atomic mass is 9.97. The van der Waals surface area contributed by atoms with E-state index >= 15 is 0 Å². The van der Waals surface area contributed by atoms with Crippen LogP contribution in [0.5, 0.6) is 0 Å². The number of anilines is 1. The monoisotopic (exact) mass is 340 g/mol. The summed E-state index contributed by atoms with van der Waals surface area (Å²) in [5, 5.41) is 11.5. The van der Waals surface area contributed by atoms with E-state index < -0.39 is 0 Å². The Kier molecular flexibility index (Phi) is 4.15. The van der Waals surface area contributed by atoms with E-state index in [0.29, 0.717) is 25.0 Å². The molecular formula is C18H24N6O. The smallest absolute Gasteiger partial charge is 0.225 e. The molecule has 1 aliphatic heterocycles. The first-order chi connectivity index (χ1) is 12.1. The Morgan fingerprint density at radius 2 is 2.12 bits per heavy atom. The normalized spacial score (nSPS) is 23.0. The molecular weight excluding hydrogens is 316 g/mol. The van der Waals surface area contributed by atoms with Gasteiger partial charge in [0, 0.05) is 25.3 Å². The summed E-state index contributed by atoms with van der Waals surface area (Å²) in [5.41, 5.74) is 0. The number of pyridine rings is 1. The molecule has 25 heavy (non-hydrogen) atoms. The van der Waals surface area contributed by atoms with Crippen LogP contribution < -0.4 is 10.2 Å². The number of rotatable bonds is 5. The Bertz CT molecular complexity index is 754. The highest BCUT2D eigenvalue weighted by Gasteiger charge is 2.35. The number of aryl methyl sites for hydroxylation is 1. The molecule has 1 saturated carbocycles. The third kappa shape index (κ3) is 3.23. The lowest BCUT2D eigenvalue weighted by Crippen LogP contribution is -2.35. The van der Waals surface area contributed by atoms with E-state index in [9.17, 15) is 4.79 Å². The molecule has 7 nitrogen and oxygen atoms in total. The minimum atomic E-state index is -0.0274. The molecule has 1 amide bonds. The van der Waals surface area contributed by atoms with Crippen molar-refractivity contribution in [1.82, 2.24) is 25.1 Å². The summed E-state index contributed by atoms with van der Waals surface area (Å²) < 4.78 is 2.17. The summed E-state index contributed by atoms with van der Waals surface area (Å²) in [6.07, 6.45) is 4.15. The standard InChI is InChI=1S/C18H24N6O/c1-12-10-23(16-5-3-4-8-19-16)11-15(12)18(25)20-9-17-22-21-13(2)24(17)14-6-7-14/h3-5,8,12,14-15H,6-7,9-11H2,1-2H3,(H,20,25)/t12-,15-/m1/s1. The molecule has 7 heteroatoms. The van der Waals surface area contributed by atoms with Crippen molar-refractivity contribution in [2.24, 2.45) is 11.8 Å². The predicted octanol–water partition coefficient (Wildman–Crippen LogP) is 1.71. The van der Waals surface area contributed by atoms with E-state index in [4.69, 9.17) is 0 Å². The first-order valence-corrected chi connectivity index (χ1v) is 8.97. The molecule has 0 radical (unpaired) electrons. The Hall–Kier alpha value is -2.44. The van der Waals surface area contributed by atoms with Crippen LogP contribution in [0.1, 0.15) is 37.5 Å². The average molecular weight is 340 g/mol. The second kappa shape index (κ2) is 6.46. The van der Waals surface area contributed by atoms with Gasteiger partial charge in [-0.1, -0.05) is 13.0 Å². The van der Waals surface area contributed by atoms with E-state index in [1.165, 1.54) is 12.8 Å². The van der Waals surface area contributed by atoms with Crippen LogP contribution in [0.4, 0.5) is 5.82 Å². The van der Waals surface area contributed by atoms with E-state index in [1.807, 2.05) is 25.1 Å². The van der Waals surface area contributed by atoms with E-state index in [1.54, 1.807) is 6.20 Å². The largest absolute Gasteiger partial charge is 0.356 e. The van der Waals surface area contributed by atoms with Gasteiger partial charge < -0.3 is 14.8 Å². The van der Waals surface area contributed by atoms with Gasteiger partial charge >= 0.3 is 0 Å². The first kappa shape index (κ1) is 16.1. The number of amides is 1. The van der Waals surface area contributed by atoms with Crippen molar-refractivity contribution in [2.75, 3.05) is 18.0 Å². The molecule has 2 fully saturated rings. The van der Waals surface area contributed by atoms with Gasteiger partial charge in [0.05, 0.1) is 12.5 Å². The maximum Gasteiger partial charge on any atom is 0.225 e. The second-order valence-electron chi connectivity index (χ2n) is 7.16. The zero-order valence-electron chi connectivity index (χ0n) is 14.7. The van der Waals surface area contributed by atoms with Crippen molar-refractivity contribution in [3.05, 3.63) is 36.0 Å². The molecule has 0 spiro atoms. The molecule has 1 saturated heterocycles. The molecule has 2 aromatic rings. The summed E-state index contributed by atoms with van der Waals surface area (Å²) in [7, 11) is 0. The fourth-order valence-electron chi connectivity index (χ4n) is 3.67. The van der Waals surface area contributed by atoms with Crippen molar-refractivity contribution in [2.45, 2.75) is 39.3 Å². The van der Waals surface area contributed by atoms with Gasteiger partial charge in [0.1, 0.15) is 11.6 Å². The fourth-order valence-corrected chi connectivity index (χ4v) is 3.67. The minimum Gasteiger partial charge on any atom is -0.356 e. The average Bonchev–Trinajstić information content (AvgIpc) is 3.28. The molecule has 3 heterocycles. The van der Waals surface area contributed by atoms with Gasteiger partial charge in [-0.25, -0.2) is 4.98 Å². The number of hydrogen-bond acceptors (Lipinski definition) is 5. The lowest BCUT2D eigenvalue weighted by molar-refractivity contribution is -0.125. The number of aromatic nitrogens is 4. The van der Waals surface area contributed by atoms with Gasteiger partial charge in [0.15, 0.2) is 5.82 Å². The molecule has 2 aliphatic rings. The number of hydrogen-bond donors (Lipinski definition) is 1. The predicted molar refractivity (Wildman–Crippen MR) is 94.0 cm³/mol. The number of carbonyl (C=O) groups is 1. The quantitative estimate of drug-likeness (QED) is 0.897. The van der Waals surface area contributed by atoms with Crippen LogP contribution in [0.15, 0.2) is 24.4 Å². The van der Waals surface area contributed by atoms with E-state index in [2.05, 4.69) is 36.9 Å². The van der Waals surface area contributed by atoms with Crippen LogP contribution >= 0.6 is 0 Å². The molecule has 0 aromatic carbocycles. The highest BCUT2D eigenvalue weighted by molar-refractivity contribution is 5.80. The van der Waals surface area contributed by atoms with Crippen LogP contribution in [0.25, 0.3) is 0 Å². The topological polar surface area (TPSA) is 75.9 Å². The maximum atomic E-state index is 12.7. The molecule has 4 rings (SSSR count).